The fraction of sp³-hybridized carbons (Fsp3) is 0.412. The Balaban J connectivity index is 2.48. The largest absolute Gasteiger partial charge is 0.367 e. The molecule has 2 aromatic rings. The molecule has 102 valence electrons. The second-order valence-corrected chi connectivity index (χ2v) is 6.25. The highest BCUT2D eigenvalue weighted by Gasteiger charge is 2.19. The van der Waals surface area contributed by atoms with Crippen molar-refractivity contribution in [2.75, 3.05) is 6.54 Å². The molecule has 1 aromatic carbocycles. The molecule has 19 heavy (non-hydrogen) atoms. The van der Waals surface area contributed by atoms with Crippen LogP contribution >= 0.6 is 0 Å². The van der Waals surface area contributed by atoms with Crippen LogP contribution in [0.2, 0.25) is 0 Å². The van der Waals surface area contributed by atoms with E-state index in [0.717, 1.165) is 0 Å². The van der Waals surface area contributed by atoms with Gasteiger partial charge in [-0.1, -0.05) is 39.0 Å². The highest BCUT2D eigenvalue weighted by molar-refractivity contribution is 5.41. The van der Waals surface area contributed by atoms with E-state index < -0.39 is 0 Å². The second-order valence-electron chi connectivity index (χ2n) is 6.25. The number of nitrogens with one attached hydrogen (secondary N) is 1. The predicted molar refractivity (Wildman–Crippen MR) is 81.6 cm³/mol. The molecule has 1 unspecified atom stereocenters. The Morgan fingerprint density at radius 2 is 1.95 bits per heavy atom. The van der Waals surface area contributed by atoms with Crippen molar-refractivity contribution in [3.8, 4) is 0 Å². The number of rotatable bonds is 3. The quantitative estimate of drug-likeness (QED) is 0.863. The van der Waals surface area contributed by atoms with Crippen LogP contribution in [0.15, 0.2) is 36.7 Å². The van der Waals surface area contributed by atoms with Gasteiger partial charge in [-0.25, -0.2) is 0 Å². The van der Waals surface area contributed by atoms with E-state index >= 15 is 0 Å². The van der Waals surface area contributed by atoms with Crippen LogP contribution in [0.25, 0.3) is 0 Å². The van der Waals surface area contributed by atoms with Gasteiger partial charge in [0.25, 0.3) is 0 Å². The lowest BCUT2D eigenvalue weighted by molar-refractivity contribution is 0.588. The van der Waals surface area contributed by atoms with Crippen molar-refractivity contribution >= 4 is 0 Å². The maximum Gasteiger partial charge on any atom is 0.0230 e. The Kier molecular flexibility index (Phi) is 3.81. The zero-order valence-corrected chi connectivity index (χ0v) is 12.3. The number of aromatic nitrogens is 1. The fourth-order valence-corrected chi connectivity index (χ4v) is 2.48. The molecule has 1 aromatic heterocycles. The van der Waals surface area contributed by atoms with Gasteiger partial charge in [0.15, 0.2) is 0 Å². The standard InChI is InChI=1S/C17H24N2/c1-12-5-6-14(17(2,3)4)9-15(12)16(10-18)13-7-8-19-11-13/h5-9,11,16,19H,10,18H2,1-4H3. The lowest BCUT2D eigenvalue weighted by atomic mass is 9.82. The molecule has 0 radical (unpaired) electrons. The molecule has 3 N–H and O–H groups in total. The lowest BCUT2D eigenvalue weighted by Crippen LogP contribution is -2.17. The van der Waals surface area contributed by atoms with Gasteiger partial charge in [0.2, 0.25) is 0 Å². The summed E-state index contributed by atoms with van der Waals surface area (Å²) in [6.07, 6.45) is 4.00. The van der Waals surface area contributed by atoms with Gasteiger partial charge in [0.05, 0.1) is 0 Å². The van der Waals surface area contributed by atoms with Crippen molar-refractivity contribution in [1.82, 2.24) is 4.98 Å². The fourth-order valence-electron chi connectivity index (χ4n) is 2.48. The summed E-state index contributed by atoms with van der Waals surface area (Å²) >= 11 is 0. The van der Waals surface area contributed by atoms with E-state index in [0.29, 0.717) is 6.54 Å². The smallest absolute Gasteiger partial charge is 0.0230 e. The minimum atomic E-state index is 0.166. The van der Waals surface area contributed by atoms with Crippen LogP contribution in [0.1, 0.15) is 48.9 Å². The van der Waals surface area contributed by atoms with Crippen LogP contribution in [0.4, 0.5) is 0 Å². The Morgan fingerprint density at radius 1 is 1.21 bits per heavy atom. The molecule has 0 aliphatic carbocycles. The monoisotopic (exact) mass is 256 g/mol. The molecule has 2 nitrogen and oxygen atoms in total. The minimum absolute atomic E-state index is 0.166. The van der Waals surface area contributed by atoms with Crippen molar-refractivity contribution in [3.63, 3.8) is 0 Å². The summed E-state index contributed by atoms with van der Waals surface area (Å²) in [5.74, 6) is 0.272. The maximum absolute atomic E-state index is 6.01. The van der Waals surface area contributed by atoms with E-state index in [1.165, 1.54) is 22.3 Å². The molecular weight excluding hydrogens is 232 g/mol. The first-order valence-electron chi connectivity index (χ1n) is 6.87. The summed E-state index contributed by atoms with van der Waals surface area (Å²) in [7, 11) is 0. The Labute approximate surface area is 116 Å². The first kappa shape index (κ1) is 13.9. The molecule has 0 amide bonds. The van der Waals surface area contributed by atoms with Crippen LogP contribution < -0.4 is 5.73 Å². The molecule has 2 rings (SSSR count). The molecule has 0 saturated carbocycles. The van der Waals surface area contributed by atoms with Gasteiger partial charge < -0.3 is 10.7 Å². The first-order valence-corrected chi connectivity index (χ1v) is 6.87. The molecule has 0 bridgehead atoms. The average molecular weight is 256 g/mol. The highest BCUT2D eigenvalue weighted by Crippen LogP contribution is 2.31. The number of H-pyrrole nitrogens is 1. The van der Waals surface area contributed by atoms with Gasteiger partial charge in [-0.15, -0.1) is 0 Å². The number of nitrogens with two attached hydrogens (primary N) is 1. The summed E-state index contributed by atoms with van der Waals surface area (Å²) < 4.78 is 0. The molecular formula is C17H24N2. The third-order valence-electron chi connectivity index (χ3n) is 3.78. The van der Waals surface area contributed by atoms with Crippen molar-refractivity contribution in [2.24, 2.45) is 5.73 Å². The zero-order valence-electron chi connectivity index (χ0n) is 12.3. The van der Waals surface area contributed by atoms with Crippen LogP contribution in [0.5, 0.6) is 0 Å². The summed E-state index contributed by atoms with van der Waals surface area (Å²) in [4.78, 5) is 3.12. The van der Waals surface area contributed by atoms with Crippen molar-refractivity contribution in [2.45, 2.75) is 39.0 Å². The normalized spacial score (nSPS) is 13.5. The SMILES string of the molecule is Cc1ccc(C(C)(C)C)cc1C(CN)c1cc[nH]c1. The zero-order chi connectivity index (χ0) is 14.0. The number of hydrogen-bond acceptors (Lipinski definition) is 1. The van der Waals surface area contributed by atoms with Gasteiger partial charge in [-0.3, -0.25) is 0 Å². The van der Waals surface area contributed by atoms with Crippen molar-refractivity contribution in [1.29, 1.82) is 0 Å². The lowest BCUT2D eigenvalue weighted by Gasteiger charge is -2.23. The van der Waals surface area contributed by atoms with Crippen LogP contribution in [-0.2, 0) is 5.41 Å². The second kappa shape index (κ2) is 5.22. The van der Waals surface area contributed by atoms with E-state index in [1.54, 1.807) is 0 Å². The van der Waals surface area contributed by atoms with Crippen molar-refractivity contribution < 1.29 is 0 Å². The molecule has 0 saturated heterocycles. The minimum Gasteiger partial charge on any atom is -0.367 e. The summed E-state index contributed by atoms with van der Waals surface area (Å²) in [6, 6.07) is 8.87. The molecule has 2 heteroatoms. The third-order valence-corrected chi connectivity index (χ3v) is 3.78. The van der Waals surface area contributed by atoms with Crippen LogP contribution in [-0.4, -0.2) is 11.5 Å². The summed E-state index contributed by atoms with van der Waals surface area (Å²) in [5, 5.41) is 0. The molecule has 0 aliphatic heterocycles. The van der Waals surface area contributed by atoms with E-state index in [9.17, 15) is 0 Å². The molecule has 0 fully saturated rings. The van der Waals surface area contributed by atoms with Gasteiger partial charge >= 0.3 is 0 Å². The number of benzene rings is 1. The van der Waals surface area contributed by atoms with Crippen LogP contribution in [0, 0.1) is 6.92 Å². The van der Waals surface area contributed by atoms with Gasteiger partial charge in [-0.2, -0.15) is 0 Å². The molecule has 1 heterocycles. The maximum atomic E-state index is 6.01. The number of aryl methyl sites for hydroxylation is 1. The third kappa shape index (κ3) is 2.90. The Morgan fingerprint density at radius 3 is 2.47 bits per heavy atom. The first-order chi connectivity index (χ1) is 8.93. The van der Waals surface area contributed by atoms with E-state index in [-0.39, 0.29) is 11.3 Å². The summed E-state index contributed by atoms with van der Waals surface area (Å²) in [6.45, 7) is 9.53. The predicted octanol–water partition coefficient (Wildman–Crippen LogP) is 3.71. The van der Waals surface area contributed by atoms with Gasteiger partial charge in [-0.05, 0) is 40.7 Å². The number of hydrogen-bond donors (Lipinski definition) is 2. The van der Waals surface area contributed by atoms with Gasteiger partial charge in [0, 0.05) is 24.9 Å². The topological polar surface area (TPSA) is 41.8 Å². The van der Waals surface area contributed by atoms with E-state index in [2.05, 4.69) is 56.9 Å². The van der Waals surface area contributed by atoms with E-state index in [1.807, 2.05) is 12.4 Å². The average Bonchev–Trinajstić information content (AvgIpc) is 2.84. The molecule has 0 spiro atoms. The Hall–Kier alpha value is -1.54. The van der Waals surface area contributed by atoms with Crippen LogP contribution in [0.3, 0.4) is 0 Å². The van der Waals surface area contributed by atoms with Gasteiger partial charge in [0.1, 0.15) is 0 Å². The number of aromatic amines is 1. The molecule has 1 atom stereocenters. The highest BCUT2D eigenvalue weighted by atomic mass is 14.6. The summed E-state index contributed by atoms with van der Waals surface area (Å²) in [5.41, 5.74) is 11.5. The van der Waals surface area contributed by atoms with Crippen molar-refractivity contribution in [3.05, 3.63) is 58.9 Å². The Bertz CT molecular complexity index is 533. The molecule has 0 aliphatic rings. The van der Waals surface area contributed by atoms with E-state index in [4.69, 9.17) is 5.73 Å².